The summed E-state index contributed by atoms with van der Waals surface area (Å²) in [5, 5.41) is 5.60. The lowest BCUT2D eigenvalue weighted by molar-refractivity contribution is -0.116. The maximum Gasteiger partial charge on any atom is 0.255 e. The third-order valence-electron chi connectivity index (χ3n) is 4.74. The van der Waals surface area contributed by atoms with Crippen LogP contribution in [0.25, 0.3) is 0 Å². The van der Waals surface area contributed by atoms with Crippen LogP contribution < -0.4 is 29.6 Å². The quantitative estimate of drug-likeness (QED) is 0.476. The number of benzene rings is 3. The lowest BCUT2D eigenvalue weighted by atomic mass is 10.2. The first-order chi connectivity index (χ1) is 16.0. The van der Waals surface area contributed by atoms with Crippen molar-refractivity contribution in [2.24, 2.45) is 0 Å². The van der Waals surface area contributed by atoms with Crippen molar-refractivity contribution in [2.75, 3.05) is 38.6 Å². The van der Waals surface area contributed by atoms with Crippen molar-refractivity contribution in [1.29, 1.82) is 0 Å². The van der Waals surface area contributed by atoms with Crippen LogP contribution in [-0.2, 0) is 4.79 Å². The van der Waals surface area contributed by atoms with Gasteiger partial charge in [-0.3, -0.25) is 9.59 Å². The normalized spacial score (nSPS) is 10.2. The number of nitrogens with one attached hydrogen (secondary N) is 2. The summed E-state index contributed by atoms with van der Waals surface area (Å²) < 4.78 is 21.7. The molecule has 0 aliphatic rings. The van der Waals surface area contributed by atoms with Gasteiger partial charge in [0.2, 0.25) is 5.91 Å². The van der Waals surface area contributed by atoms with Crippen molar-refractivity contribution in [3.63, 3.8) is 0 Å². The molecule has 0 fully saturated rings. The molecule has 0 radical (unpaired) electrons. The third kappa shape index (κ3) is 6.16. The molecule has 3 aromatic carbocycles. The molecular weight excluding hydrogens is 424 g/mol. The second-order valence-electron chi connectivity index (χ2n) is 6.87. The van der Waals surface area contributed by atoms with Crippen LogP contribution >= 0.6 is 0 Å². The summed E-state index contributed by atoms with van der Waals surface area (Å²) in [4.78, 5) is 25.0. The zero-order chi connectivity index (χ0) is 23.6. The first kappa shape index (κ1) is 23.5. The number of ether oxygens (including phenoxy) is 4. The van der Waals surface area contributed by atoms with Crippen molar-refractivity contribution in [1.82, 2.24) is 0 Å². The molecule has 172 valence electrons. The van der Waals surface area contributed by atoms with Crippen LogP contribution in [0.5, 0.6) is 23.0 Å². The fourth-order valence-corrected chi connectivity index (χ4v) is 3.08. The van der Waals surface area contributed by atoms with Gasteiger partial charge in [-0.2, -0.15) is 0 Å². The smallest absolute Gasteiger partial charge is 0.255 e. The maximum absolute atomic E-state index is 12.5. The molecule has 0 bridgehead atoms. The fraction of sp³-hybridized carbons (Fsp3) is 0.200. The molecule has 2 amide bonds. The Morgan fingerprint density at radius 3 is 1.85 bits per heavy atom. The van der Waals surface area contributed by atoms with Crippen molar-refractivity contribution >= 4 is 23.2 Å². The van der Waals surface area contributed by atoms with Crippen LogP contribution in [-0.4, -0.2) is 39.8 Å². The minimum atomic E-state index is -0.291. The van der Waals surface area contributed by atoms with Crippen LogP contribution in [0.2, 0.25) is 0 Å². The van der Waals surface area contributed by atoms with Gasteiger partial charge in [-0.05, 0) is 24.3 Å². The Morgan fingerprint density at radius 2 is 1.24 bits per heavy atom. The minimum Gasteiger partial charge on any atom is -0.494 e. The Kier molecular flexibility index (Phi) is 8.13. The van der Waals surface area contributed by atoms with Gasteiger partial charge in [0, 0.05) is 17.7 Å². The average Bonchev–Trinajstić information content (AvgIpc) is 2.85. The van der Waals surface area contributed by atoms with Gasteiger partial charge in [0.05, 0.1) is 45.7 Å². The van der Waals surface area contributed by atoms with E-state index >= 15 is 0 Å². The molecule has 0 heterocycles. The van der Waals surface area contributed by atoms with Gasteiger partial charge in [-0.1, -0.05) is 30.3 Å². The molecule has 0 aliphatic carbocycles. The number of anilines is 2. The second-order valence-corrected chi connectivity index (χ2v) is 6.87. The average molecular weight is 450 g/mol. The highest BCUT2D eigenvalue weighted by Crippen LogP contribution is 2.36. The SMILES string of the molecule is COc1cc(NC(=O)c2ccccc2)c(OC)cc1NC(=O)CCOc1ccccc1OC. The molecule has 0 unspecified atom stereocenters. The first-order valence-electron chi connectivity index (χ1n) is 10.2. The van der Waals surface area contributed by atoms with Crippen LogP contribution in [0, 0.1) is 0 Å². The van der Waals surface area contributed by atoms with Crippen molar-refractivity contribution in [3.8, 4) is 23.0 Å². The second kappa shape index (κ2) is 11.4. The molecule has 0 aromatic heterocycles. The Labute approximate surface area is 192 Å². The van der Waals surface area contributed by atoms with Crippen molar-refractivity contribution in [3.05, 3.63) is 72.3 Å². The number of hydrogen-bond acceptors (Lipinski definition) is 6. The molecule has 3 aromatic rings. The van der Waals surface area contributed by atoms with E-state index in [4.69, 9.17) is 18.9 Å². The summed E-state index contributed by atoms with van der Waals surface area (Å²) in [6, 6.07) is 19.2. The van der Waals surface area contributed by atoms with E-state index in [1.165, 1.54) is 14.2 Å². The highest BCUT2D eigenvalue weighted by Gasteiger charge is 2.16. The number of para-hydroxylation sites is 2. The molecule has 33 heavy (non-hydrogen) atoms. The van der Waals surface area contributed by atoms with Gasteiger partial charge in [0.25, 0.3) is 5.91 Å². The predicted molar refractivity (Wildman–Crippen MR) is 126 cm³/mol. The molecule has 0 atom stereocenters. The molecule has 8 nitrogen and oxygen atoms in total. The largest absolute Gasteiger partial charge is 0.494 e. The monoisotopic (exact) mass is 450 g/mol. The van der Waals surface area contributed by atoms with E-state index in [1.807, 2.05) is 18.2 Å². The summed E-state index contributed by atoms with van der Waals surface area (Å²) >= 11 is 0. The molecule has 0 aliphatic heterocycles. The molecule has 8 heteroatoms. The highest BCUT2D eigenvalue weighted by molar-refractivity contribution is 6.05. The van der Waals surface area contributed by atoms with E-state index in [0.717, 1.165) is 0 Å². The Bertz CT molecular complexity index is 1100. The number of methoxy groups -OCH3 is 3. The first-order valence-corrected chi connectivity index (χ1v) is 10.2. The summed E-state index contributed by atoms with van der Waals surface area (Å²) in [7, 11) is 4.51. The van der Waals surface area contributed by atoms with Gasteiger partial charge in [-0.25, -0.2) is 0 Å². The molecule has 3 rings (SSSR count). The summed E-state index contributed by atoms with van der Waals surface area (Å²) in [5.41, 5.74) is 1.33. The van der Waals surface area contributed by atoms with E-state index < -0.39 is 0 Å². The molecular formula is C25H26N2O6. The fourth-order valence-electron chi connectivity index (χ4n) is 3.08. The maximum atomic E-state index is 12.5. The van der Waals surface area contributed by atoms with E-state index in [2.05, 4.69) is 10.6 Å². The number of carbonyl (C=O) groups is 2. The Morgan fingerprint density at radius 1 is 0.697 bits per heavy atom. The van der Waals surface area contributed by atoms with Gasteiger partial charge in [-0.15, -0.1) is 0 Å². The third-order valence-corrected chi connectivity index (χ3v) is 4.74. The molecule has 0 saturated heterocycles. The number of amides is 2. The van der Waals surface area contributed by atoms with Gasteiger partial charge in [0.15, 0.2) is 11.5 Å². The van der Waals surface area contributed by atoms with E-state index in [1.54, 1.807) is 55.6 Å². The van der Waals surface area contributed by atoms with Crippen molar-refractivity contribution < 1.29 is 28.5 Å². The predicted octanol–water partition coefficient (Wildman–Crippen LogP) is 4.37. The van der Waals surface area contributed by atoms with Gasteiger partial charge >= 0.3 is 0 Å². The number of hydrogen-bond donors (Lipinski definition) is 2. The van der Waals surface area contributed by atoms with E-state index in [0.29, 0.717) is 39.9 Å². The van der Waals surface area contributed by atoms with Crippen LogP contribution in [0.15, 0.2) is 66.7 Å². The zero-order valence-electron chi connectivity index (χ0n) is 18.7. The van der Waals surface area contributed by atoms with Gasteiger partial charge in [0.1, 0.15) is 11.5 Å². The molecule has 0 saturated carbocycles. The summed E-state index contributed by atoms with van der Waals surface area (Å²) in [6.07, 6.45) is 0.107. The summed E-state index contributed by atoms with van der Waals surface area (Å²) in [5.74, 6) is 1.34. The zero-order valence-corrected chi connectivity index (χ0v) is 18.7. The highest BCUT2D eigenvalue weighted by atomic mass is 16.5. The Hall–Kier alpha value is -4.20. The van der Waals surface area contributed by atoms with E-state index in [9.17, 15) is 9.59 Å². The lowest BCUT2D eigenvalue weighted by Gasteiger charge is -2.16. The van der Waals surface area contributed by atoms with Gasteiger partial charge < -0.3 is 29.6 Å². The van der Waals surface area contributed by atoms with Crippen LogP contribution in [0.3, 0.4) is 0 Å². The molecule has 0 spiro atoms. The minimum absolute atomic E-state index is 0.107. The van der Waals surface area contributed by atoms with Crippen LogP contribution in [0.1, 0.15) is 16.8 Å². The topological polar surface area (TPSA) is 95.1 Å². The number of rotatable bonds is 10. The standard InChI is InChI=1S/C25H26N2O6/c1-30-20-11-7-8-12-21(20)33-14-13-24(28)26-18-15-23(32-3)19(16-22(18)31-2)27-25(29)17-9-5-4-6-10-17/h4-12,15-16H,13-14H2,1-3H3,(H,26,28)(H,27,29). The number of carbonyl (C=O) groups excluding carboxylic acids is 2. The lowest BCUT2D eigenvalue weighted by Crippen LogP contribution is -2.17. The Balaban J connectivity index is 1.67. The van der Waals surface area contributed by atoms with Crippen LogP contribution in [0.4, 0.5) is 11.4 Å². The van der Waals surface area contributed by atoms with Crippen molar-refractivity contribution in [2.45, 2.75) is 6.42 Å². The molecule has 2 N–H and O–H groups in total. The van der Waals surface area contributed by atoms with E-state index in [-0.39, 0.29) is 24.8 Å². The summed E-state index contributed by atoms with van der Waals surface area (Å²) in [6.45, 7) is 0.164.